The molecule has 0 spiro atoms. The molecular formula is C22H40N2O+2. The Hall–Kier alpha value is -1.06. The molecule has 1 aliphatic heterocycles. The van der Waals surface area contributed by atoms with Crippen LogP contribution in [0.1, 0.15) is 71.1 Å². The van der Waals surface area contributed by atoms with Gasteiger partial charge in [0.2, 0.25) is 0 Å². The van der Waals surface area contributed by atoms with Gasteiger partial charge in [0.05, 0.1) is 33.2 Å². The number of nitrogens with one attached hydrogen (secondary N) is 2. The number of phenolic OH excluding ortho intramolecular Hbond substituents is 1. The van der Waals surface area contributed by atoms with Crippen molar-refractivity contribution in [2.24, 2.45) is 0 Å². The van der Waals surface area contributed by atoms with Crippen molar-refractivity contribution in [3.63, 3.8) is 0 Å². The molecule has 1 aromatic carbocycles. The monoisotopic (exact) mass is 348 g/mol. The van der Waals surface area contributed by atoms with Crippen molar-refractivity contribution in [3.8, 4) is 5.75 Å². The number of hydrogen-bond donors (Lipinski definition) is 3. The summed E-state index contributed by atoms with van der Waals surface area (Å²) in [5, 5.41) is 10.9. The normalized spacial score (nSPS) is 23.5. The van der Waals surface area contributed by atoms with E-state index in [0.717, 1.165) is 23.7 Å². The Labute approximate surface area is 155 Å². The zero-order chi connectivity index (χ0) is 19.0. The highest BCUT2D eigenvalue weighted by Gasteiger charge is 2.29. The van der Waals surface area contributed by atoms with Gasteiger partial charge in [0.25, 0.3) is 0 Å². The van der Waals surface area contributed by atoms with E-state index in [9.17, 15) is 5.11 Å². The van der Waals surface area contributed by atoms with Crippen LogP contribution < -0.4 is 9.80 Å². The minimum atomic E-state index is -0.0507. The number of aromatic hydroxyl groups is 1. The second-order valence-corrected chi connectivity index (χ2v) is 10.3. The van der Waals surface area contributed by atoms with Gasteiger partial charge in [-0.05, 0) is 23.0 Å². The molecule has 1 heterocycles. The van der Waals surface area contributed by atoms with Crippen molar-refractivity contribution in [2.45, 2.75) is 77.8 Å². The predicted octanol–water partition coefficient (Wildman–Crippen LogP) is 1.68. The lowest BCUT2D eigenvalue weighted by Crippen LogP contribution is -3.17. The predicted molar refractivity (Wildman–Crippen MR) is 106 cm³/mol. The molecule has 25 heavy (non-hydrogen) atoms. The van der Waals surface area contributed by atoms with Crippen LogP contribution in [0.4, 0.5) is 0 Å². The largest absolute Gasteiger partial charge is 0.507 e. The van der Waals surface area contributed by atoms with Crippen LogP contribution >= 0.6 is 0 Å². The maximum atomic E-state index is 10.9. The van der Waals surface area contributed by atoms with Gasteiger partial charge < -0.3 is 14.9 Å². The Balaban J connectivity index is 2.31. The standard InChI is InChI=1S/C22H38N2O/c1-21(2,3)18-13-16(14-19(20(18)25)22(4,5)6)15-24(8)17-9-11-23(7)12-10-17/h13-14,17,25H,9-12,15H2,1-8H3/p+2. The molecule has 1 fully saturated rings. The van der Waals surface area contributed by atoms with E-state index in [4.69, 9.17) is 0 Å². The molecule has 1 unspecified atom stereocenters. The summed E-state index contributed by atoms with van der Waals surface area (Å²) in [7, 11) is 4.64. The summed E-state index contributed by atoms with van der Waals surface area (Å²) < 4.78 is 0. The second-order valence-electron chi connectivity index (χ2n) is 10.3. The lowest BCUT2D eigenvalue weighted by molar-refractivity contribution is -0.948. The molecule has 2 rings (SSSR count). The SMILES string of the molecule is C[NH+]1CCC([NH+](C)Cc2cc(C(C)(C)C)c(O)c(C(C)(C)C)c2)CC1. The fraction of sp³-hybridized carbons (Fsp3) is 0.727. The Kier molecular flexibility index (Phi) is 5.90. The van der Waals surface area contributed by atoms with Gasteiger partial charge >= 0.3 is 0 Å². The van der Waals surface area contributed by atoms with E-state index >= 15 is 0 Å². The van der Waals surface area contributed by atoms with E-state index in [2.05, 4.69) is 67.8 Å². The van der Waals surface area contributed by atoms with Crippen molar-refractivity contribution in [1.29, 1.82) is 0 Å². The number of piperidine rings is 1. The molecular weight excluding hydrogens is 308 g/mol. The van der Waals surface area contributed by atoms with Crippen molar-refractivity contribution in [3.05, 3.63) is 28.8 Å². The van der Waals surface area contributed by atoms with E-state index < -0.39 is 0 Å². The third-order valence-corrected chi connectivity index (χ3v) is 5.80. The number of benzene rings is 1. The molecule has 1 aromatic rings. The van der Waals surface area contributed by atoms with E-state index in [1.54, 1.807) is 9.80 Å². The van der Waals surface area contributed by atoms with Crippen LogP contribution in [0.2, 0.25) is 0 Å². The van der Waals surface area contributed by atoms with Crippen LogP contribution in [0.15, 0.2) is 12.1 Å². The second kappa shape index (κ2) is 7.28. The molecule has 0 saturated carbocycles. The Morgan fingerprint density at radius 1 is 1.00 bits per heavy atom. The average molecular weight is 349 g/mol. The molecule has 3 nitrogen and oxygen atoms in total. The van der Waals surface area contributed by atoms with Crippen LogP contribution in [-0.4, -0.2) is 38.3 Å². The number of hydrogen-bond acceptors (Lipinski definition) is 1. The van der Waals surface area contributed by atoms with Crippen molar-refractivity contribution < 1.29 is 14.9 Å². The van der Waals surface area contributed by atoms with Crippen molar-refractivity contribution in [1.82, 2.24) is 0 Å². The quantitative estimate of drug-likeness (QED) is 0.762. The fourth-order valence-electron chi connectivity index (χ4n) is 4.01. The van der Waals surface area contributed by atoms with Crippen LogP contribution in [0.5, 0.6) is 5.75 Å². The summed E-state index contributed by atoms with van der Waals surface area (Å²) >= 11 is 0. The van der Waals surface area contributed by atoms with Crippen molar-refractivity contribution in [2.75, 3.05) is 27.2 Å². The van der Waals surface area contributed by atoms with Crippen molar-refractivity contribution >= 4 is 0 Å². The Morgan fingerprint density at radius 2 is 1.44 bits per heavy atom. The highest BCUT2D eigenvalue weighted by atomic mass is 16.3. The van der Waals surface area contributed by atoms with E-state index in [1.807, 2.05) is 0 Å². The summed E-state index contributed by atoms with van der Waals surface area (Å²) in [5.41, 5.74) is 3.41. The molecule has 1 saturated heterocycles. The van der Waals surface area contributed by atoms with Gasteiger partial charge in [-0.2, -0.15) is 0 Å². The molecule has 0 amide bonds. The summed E-state index contributed by atoms with van der Waals surface area (Å²) in [4.78, 5) is 3.27. The Morgan fingerprint density at radius 3 is 1.84 bits per heavy atom. The number of quaternary nitrogens is 2. The van der Waals surface area contributed by atoms with Crippen LogP contribution in [-0.2, 0) is 17.4 Å². The van der Waals surface area contributed by atoms with Gasteiger partial charge in [0.1, 0.15) is 12.3 Å². The van der Waals surface area contributed by atoms with Gasteiger partial charge in [-0.1, -0.05) is 41.5 Å². The maximum absolute atomic E-state index is 10.9. The highest BCUT2D eigenvalue weighted by molar-refractivity contribution is 5.49. The first-order valence-electron chi connectivity index (χ1n) is 9.90. The van der Waals surface area contributed by atoms with Gasteiger partial charge in [-0.25, -0.2) is 0 Å². The summed E-state index contributed by atoms with van der Waals surface area (Å²) in [6, 6.07) is 5.25. The average Bonchev–Trinajstić information content (AvgIpc) is 2.47. The van der Waals surface area contributed by atoms with Gasteiger partial charge in [-0.15, -0.1) is 0 Å². The minimum Gasteiger partial charge on any atom is -0.507 e. The van der Waals surface area contributed by atoms with E-state index in [0.29, 0.717) is 5.75 Å². The molecule has 0 aliphatic carbocycles. The summed E-state index contributed by atoms with van der Waals surface area (Å²) in [5.74, 6) is 0.490. The third-order valence-electron chi connectivity index (χ3n) is 5.80. The summed E-state index contributed by atoms with van der Waals surface area (Å²) in [6.07, 6.45) is 2.63. The zero-order valence-corrected chi connectivity index (χ0v) is 17.7. The number of phenols is 1. The number of likely N-dealkylation sites (tertiary alicyclic amines) is 1. The molecule has 3 heteroatoms. The third kappa shape index (κ3) is 4.98. The van der Waals surface area contributed by atoms with Gasteiger partial charge in [0, 0.05) is 29.5 Å². The lowest BCUT2D eigenvalue weighted by atomic mass is 9.78. The number of rotatable bonds is 3. The zero-order valence-electron chi connectivity index (χ0n) is 17.7. The topological polar surface area (TPSA) is 29.1 Å². The molecule has 1 atom stereocenters. The first kappa shape index (κ1) is 20.3. The molecule has 0 aromatic heterocycles. The first-order chi connectivity index (χ1) is 11.4. The van der Waals surface area contributed by atoms with Crippen LogP contribution in [0.25, 0.3) is 0 Å². The van der Waals surface area contributed by atoms with Crippen LogP contribution in [0.3, 0.4) is 0 Å². The van der Waals surface area contributed by atoms with Gasteiger partial charge in [0.15, 0.2) is 0 Å². The van der Waals surface area contributed by atoms with E-state index in [1.165, 1.54) is 31.5 Å². The maximum Gasteiger partial charge on any atom is 0.123 e. The molecule has 142 valence electrons. The molecule has 0 radical (unpaired) electrons. The highest BCUT2D eigenvalue weighted by Crippen LogP contribution is 2.39. The smallest absolute Gasteiger partial charge is 0.123 e. The van der Waals surface area contributed by atoms with E-state index in [-0.39, 0.29) is 10.8 Å². The van der Waals surface area contributed by atoms with Gasteiger partial charge in [-0.3, -0.25) is 0 Å². The fourth-order valence-corrected chi connectivity index (χ4v) is 4.01. The molecule has 1 aliphatic rings. The molecule has 0 bridgehead atoms. The Bertz CT molecular complexity index is 552. The summed E-state index contributed by atoms with van der Waals surface area (Å²) in [6.45, 7) is 16.8. The lowest BCUT2D eigenvalue weighted by Gasteiger charge is -2.32. The van der Waals surface area contributed by atoms with Crippen LogP contribution in [0, 0.1) is 0 Å². The molecule has 3 N–H and O–H groups in total. The minimum absolute atomic E-state index is 0.0507. The first-order valence-corrected chi connectivity index (χ1v) is 9.90.